The van der Waals surface area contributed by atoms with Crippen molar-refractivity contribution in [3.63, 3.8) is 0 Å². The predicted octanol–water partition coefficient (Wildman–Crippen LogP) is -18.9. The Morgan fingerprint density at radius 1 is 0.404 bits per heavy atom. The topological polar surface area (TPSA) is 780 Å². The van der Waals surface area contributed by atoms with E-state index in [1.165, 1.54) is 11.8 Å². The van der Waals surface area contributed by atoms with Gasteiger partial charge in [-0.1, -0.05) is 17.2 Å². The second kappa shape index (κ2) is 48.1. The van der Waals surface area contributed by atoms with Crippen LogP contribution in [0, 0.1) is 5.92 Å². The number of oxime groups is 2. The van der Waals surface area contributed by atoms with Gasteiger partial charge in [0.05, 0.1) is 90.9 Å². The predicted molar refractivity (Wildman–Crippen MR) is 349 cm³/mol. The highest BCUT2D eigenvalue weighted by Gasteiger charge is 2.54. The van der Waals surface area contributed by atoms with Crippen molar-refractivity contribution in [2.24, 2.45) is 16.2 Å². The molecule has 4 rings (SSSR count). The summed E-state index contributed by atoms with van der Waals surface area (Å²) in [6.45, 7) is -11.2. The number of aliphatic hydroxyl groups excluding tert-OH is 21. The van der Waals surface area contributed by atoms with Crippen LogP contribution in [0.4, 0.5) is 0 Å². The summed E-state index contributed by atoms with van der Waals surface area (Å²) < 4.78 is 43.9. The Morgan fingerprint density at radius 2 is 0.725 bits per heavy atom. The lowest BCUT2D eigenvalue weighted by molar-refractivity contribution is -0.367. The van der Waals surface area contributed by atoms with Gasteiger partial charge in [-0.05, 0) is 0 Å². The molecule has 0 saturated carbocycles. The maximum atomic E-state index is 12.9. The van der Waals surface area contributed by atoms with E-state index in [-0.39, 0.29) is 52.4 Å². The van der Waals surface area contributed by atoms with E-state index in [4.69, 9.17) is 47.6 Å². The molecular weight excluding hydrogens is 1490 g/mol. The molecule has 28 atom stereocenters. The first-order valence-corrected chi connectivity index (χ1v) is 33.9. The number of aliphatic carboxylic acids is 3. The zero-order valence-electron chi connectivity index (χ0n) is 58.6. The first kappa shape index (κ1) is 95.3. The number of carboxylic acid groups (broad SMARTS) is 3. The van der Waals surface area contributed by atoms with Gasteiger partial charge in [-0.15, -0.1) is 0 Å². The lowest BCUT2D eigenvalue weighted by Crippen LogP contribution is -2.65. The van der Waals surface area contributed by atoms with Crippen LogP contribution in [0.25, 0.3) is 0 Å². The Kier molecular flexibility index (Phi) is 42.1. The van der Waals surface area contributed by atoms with E-state index >= 15 is 0 Å². The smallest absolute Gasteiger partial charge is 0.317 e. The third-order valence-corrected chi connectivity index (χ3v) is 17.1. The number of amides is 4. The molecule has 0 aromatic heterocycles. The lowest BCUT2D eigenvalue weighted by atomic mass is 9.91. The SMILES string of the molecule is CC1C(O[C@H](C(O)CO)[C@@H](O)C(O)/C=N/OCC(=O)NCCNC(=O)CN(CCN(CCN(CC(=O)O)CC(=O)NCCNC(=O)CO/N=C/C(O)[C@H](O)[C@H](OC2OC(CO)C(OC3OC(CO)C(O)C(O)C3O)C(O)C2O)C(O)CO)CC(=O)O)CC(=O)O)OC(CO)C(OC2OC(CO)C(O)C(O)C2O)C1O. The fraction of sp³-hybridized carbons (Fsp3) is 0.847. The molecule has 4 aliphatic rings. The summed E-state index contributed by atoms with van der Waals surface area (Å²) in [7, 11) is 0. The molecule has 4 saturated heterocycles. The molecule has 0 spiro atoms. The van der Waals surface area contributed by atoms with Gasteiger partial charge in [0.15, 0.2) is 38.4 Å². The summed E-state index contributed by atoms with van der Waals surface area (Å²) in [5.41, 5.74) is 0. The minimum Gasteiger partial charge on any atom is -0.480 e. The van der Waals surface area contributed by atoms with E-state index in [1.54, 1.807) is 0 Å². The van der Waals surface area contributed by atoms with Crippen LogP contribution in [0.3, 0.4) is 0 Å². The Bertz CT molecular complexity index is 2620. The summed E-state index contributed by atoms with van der Waals surface area (Å²) >= 11 is 0. The van der Waals surface area contributed by atoms with E-state index in [0.717, 1.165) is 9.80 Å². The van der Waals surface area contributed by atoms with Gasteiger partial charge < -0.3 is 191 Å². The van der Waals surface area contributed by atoms with Gasteiger partial charge in [-0.2, -0.15) is 0 Å². The molecule has 0 aromatic carbocycles. The number of hydrogen-bond acceptors (Lipinski definition) is 43. The molecule has 0 radical (unpaired) electrons. The van der Waals surface area contributed by atoms with Crippen molar-refractivity contribution in [2.75, 3.05) is 138 Å². The summed E-state index contributed by atoms with van der Waals surface area (Å²) in [4.78, 5) is 99.3. The average Bonchev–Trinajstić information content (AvgIpc) is 0.788. The highest BCUT2D eigenvalue weighted by Crippen LogP contribution is 2.35. The van der Waals surface area contributed by atoms with Crippen LogP contribution in [0.15, 0.2) is 10.3 Å². The quantitative estimate of drug-likeness (QED) is 0.0153. The van der Waals surface area contributed by atoms with E-state index < -0.39 is 299 Å². The summed E-state index contributed by atoms with van der Waals surface area (Å²) in [5, 5.41) is 262. The lowest BCUT2D eigenvalue weighted by Gasteiger charge is -2.47. The van der Waals surface area contributed by atoms with Crippen molar-refractivity contribution < 1.29 is 204 Å². The van der Waals surface area contributed by atoms with E-state index in [9.17, 15) is 156 Å². The molecule has 24 unspecified atom stereocenters. The molecule has 0 bridgehead atoms. The van der Waals surface area contributed by atoms with Crippen molar-refractivity contribution in [1.82, 2.24) is 36.0 Å². The zero-order valence-corrected chi connectivity index (χ0v) is 58.6. The Balaban J connectivity index is 1.17. The molecule has 4 heterocycles. The van der Waals surface area contributed by atoms with Crippen molar-refractivity contribution >= 4 is 54.0 Å². The van der Waals surface area contributed by atoms with E-state index in [2.05, 4.69) is 31.6 Å². The van der Waals surface area contributed by atoms with Gasteiger partial charge in [0.1, 0.15) is 134 Å². The number of aliphatic hydroxyl groups is 21. The molecule has 109 heavy (non-hydrogen) atoms. The largest absolute Gasteiger partial charge is 0.480 e. The first-order valence-electron chi connectivity index (χ1n) is 33.9. The highest BCUT2D eigenvalue weighted by atomic mass is 16.8. The highest BCUT2D eigenvalue weighted by molar-refractivity contribution is 5.80. The standard InChI is InChI=1S/C59H103N9O41/c1-25-41(89)54(108-57-49(97)46(94)44(92)30(19-71)102-57)32(21-73)104-56(25)106-52(28(77)17-69)42(90)26(75)10-64-100-23-36(81)62-4-2-60-34(79)12-67(15-39(85)86)8-6-66(14-38(83)84)7-9-68(16-40(87)88)13-35(80)61-3-5-63-37(82)24-101-65-11-27(76)43(91)53(29(78)18-70)107-59-51(99)48(96)55(33(22-74)105-59)109-58-50(98)47(95)45(93)31(20-72)103-58/h10-11,25-33,41-59,69-78,89-99H,2-9,12-24H2,1H3,(H,60,79)(H,61,80)(H,62,81)(H,63,82)(H,83,84)(H,85,86)(H,87,88)/b64-10+,65-11+/t25?,26?,27?,28?,29?,30?,31?,32?,33?,41?,42-,43-,44?,45?,46?,47?,48?,49?,50?,51?,52+,53+,54?,55?,56?,57?,58?,59?/m0/s1. The number of carbonyl (C=O) groups is 7. The van der Waals surface area contributed by atoms with Gasteiger partial charge in [-0.3, -0.25) is 48.3 Å². The molecule has 50 heteroatoms. The third kappa shape index (κ3) is 30.1. The molecule has 4 amide bonds. The zero-order chi connectivity index (χ0) is 81.5. The van der Waals surface area contributed by atoms with Gasteiger partial charge in [0, 0.05) is 58.3 Å². The fourth-order valence-electron chi connectivity index (χ4n) is 11.1. The number of nitrogens with zero attached hydrogens (tertiary/aromatic N) is 5. The molecule has 0 aliphatic carbocycles. The Morgan fingerprint density at radius 3 is 1.09 bits per heavy atom. The number of carboxylic acids is 3. The van der Waals surface area contributed by atoms with Crippen molar-refractivity contribution in [3.8, 4) is 0 Å². The second-order valence-corrected chi connectivity index (χ2v) is 25.4. The Hall–Kier alpha value is -6.05. The van der Waals surface area contributed by atoms with Crippen LogP contribution in [0.5, 0.6) is 0 Å². The monoisotopic (exact) mass is 1590 g/mol. The van der Waals surface area contributed by atoms with Crippen LogP contribution in [0.2, 0.25) is 0 Å². The number of hydrogen-bond donors (Lipinski definition) is 28. The minimum absolute atomic E-state index is 0.206. The fourth-order valence-corrected chi connectivity index (χ4v) is 11.1. The first-order chi connectivity index (χ1) is 51.6. The van der Waals surface area contributed by atoms with Crippen molar-refractivity contribution in [3.05, 3.63) is 0 Å². The maximum Gasteiger partial charge on any atom is 0.317 e. The number of rotatable bonds is 50. The van der Waals surface area contributed by atoms with E-state index in [0.29, 0.717) is 12.4 Å². The van der Waals surface area contributed by atoms with Crippen LogP contribution in [-0.4, -0.2) is 495 Å². The number of carbonyl (C=O) groups excluding carboxylic acids is 4. The van der Waals surface area contributed by atoms with Gasteiger partial charge in [0.2, 0.25) is 11.8 Å². The molecular formula is C59H103N9O41. The van der Waals surface area contributed by atoms with Crippen LogP contribution >= 0.6 is 0 Å². The molecule has 4 aliphatic heterocycles. The van der Waals surface area contributed by atoms with Gasteiger partial charge >= 0.3 is 17.9 Å². The van der Waals surface area contributed by atoms with Crippen LogP contribution < -0.4 is 21.3 Å². The minimum atomic E-state index is -2.25. The normalized spacial score (nSPS) is 31.1. The van der Waals surface area contributed by atoms with Crippen molar-refractivity contribution in [1.29, 1.82) is 0 Å². The Labute approximate surface area is 618 Å². The molecule has 4 fully saturated rings. The summed E-state index contributed by atoms with van der Waals surface area (Å²) in [5.74, 6) is -8.50. The third-order valence-electron chi connectivity index (χ3n) is 17.1. The summed E-state index contributed by atoms with van der Waals surface area (Å²) in [6, 6.07) is 0. The molecule has 28 N–H and O–H groups in total. The number of ether oxygens (including phenoxy) is 8. The van der Waals surface area contributed by atoms with Crippen LogP contribution in [-0.2, 0) is 81.1 Å². The van der Waals surface area contributed by atoms with Gasteiger partial charge in [0.25, 0.3) is 11.8 Å². The average molecular weight is 1590 g/mol. The molecule has 0 aromatic rings. The maximum absolute atomic E-state index is 12.9. The molecule has 630 valence electrons. The molecule has 50 nitrogen and oxygen atoms in total. The van der Waals surface area contributed by atoms with Gasteiger partial charge in [-0.25, -0.2) is 0 Å². The van der Waals surface area contributed by atoms with Crippen molar-refractivity contribution in [2.45, 2.75) is 172 Å². The van der Waals surface area contributed by atoms with E-state index in [1.807, 2.05) is 0 Å². The van der Waals surface area contributed by atoms with Crippen LogP contribution in [0.1, 0.15) is 6.92 Å². The number of nitrogens with one attached hydrogen (secondary N) is 4. The second-order valence-electron chi connectivity index (χ2n) is 25.4. The summed E-state index contributed by atoms with van der Waals surface area (Å²) in [6.07, 6.45) is -49.1.